The van der Waals surface area contributed by atoms with Gasteiger partial charge in [-0.25, -0.2) is 8.42 Å². The summed E-state index contributed by atoms with van der Waals surface area (Å²) >= 11 is 1.83. The Labute approximate surface area is 151 Å². The lowest BCUT2D eigenvalue weighted by molar-refractivity contribution is 0.0397. The van der Waals surface area contributed by atoms with Crippen molar-refractivity contribution >= 4 is 21.8 Å². The van der Waals surface area contributed by atoms with Crippen molar-refractivity contribution in [3.63, 3.8) is 0 Å². The number of thioether (sulfide) groups is 1. The molecule has 2 aliphatic rings. The van der Waals surface area contributed by atoms with E-state index in [1.54, 1.807) is 35.0 Å². The minimum absolute atomic E-state index is 0.00180. The highest BCUT2D eigenvalue weighted by molar-refractivity contribution is 8.01. The van der Waals surface area contributed by atoms with Crippen LogP contribution in [0.25, 0.3) is 0 Å². The summed E-state index contributed by atoms with van der Waals surface area (Å²) in [6, 6.07) is 7.14. The summed E-state index contributed by atoms with van der Waals surface area (Å²) in [6.45, 7) is 1.66. The fourth-order valence-electron chi connectivity index (χ4n) is 3.24. The Hall–Kier alpha value is -1.48. The van der Waals surface area contributed by atoms with Gasteiger partial charge in [0, 0.05) is 48.4 Å². The van der Waals surface area contributed by atoms with Crippen LogP contribution in [0.5, 0.6) is 0 Å². The molecule has 4 heterocycles. The summed E-state index contributed by atoms with van der Waals surface area (Å²) < 4.78 is 32.7. The smallest absolute Gasteiger partial charge is 0.244 e. The van der Waals surface area contributed by atoms with Gasteiger partial charge in [0.05, 0.1) is 12.7 Å². The highest BCUT2D eigenvalue weighted by Crippen LogP contribution is 2.47. The van der Waals surface area contributed by atoms with Gasteiger partial charge in [-0.1, -0.05) is 0 Å². The van der Waals surface area contributed by atoms with Gasteiger partial charge >= 0.3 is 0 Å². The molecule has 2 aliphatic heterocycles. The van der Waals surface area contributed by atoms with Crippen LogP contribution in [0.3, 0.4) is 0 Å². The SMILES string of the molecule is O=S(=O)(c1cccnc1)N1CC2(CC(OCc3ccncc3)CS2)C1. The van der Waals surface area contributed by atoms with E-state index in [0.717, 1.165) is 17.7 Å². The van der Waals surface area contributed by atoms with Gasteiger partial charge in [-0.05, 0) is 36.2 Å². The maximum Gasteiger partial charge on any atom is 0.244 e. The molecule has 0 saturated carbocycles. The molecular formula is C17H19N3O3S2. The summed E-state index contributed by atoms with van der Waals surface area (Å²) in [5, 5.41) is 0. The van der Waals surface area contributed by atoms with Crippen LogP contribution >= 0.6 is 11.8 Å². The molecule has 2 fully saturated rings. The lowest BCUT2D eigenvalue weighted by Crippen LogP contribution is -2.60. The highest BCUT2D eigenvalue weighted by Gasteiger charge is 2.53. The van der Waals surface area contributed by atoms with Crippen molar-refractivity contribution in [1.29, 1.82) is 0 Å². The topological polar surface area (TPSA) is 72.4 Å². The van der Waals surface area contributed by atoms with E-state index in [1.165, 1.54) is 6.20 Å². The zero-order valence-electron chi connectivity index (χ0n) is 13.6. The molecule has 2 saturated heterocycles. The van der Waals surface area contributed by atoms with E-state index < -0.39 is 10.0 Å². The zero-order chi connectivity index (χ0) is 17.3. The molecule has 132 valence electrons. The van der Waals surface area contributed by atoms with Gasteiger partial charge in [-0.3, -0.25) is 9.97 Å². The monoisotopic (exact) mass is 377 g/mol. The summed E-state index contributed by atoms with van der Waals surface area (Å²) in [7, 11) is -3.43. The van der Waals surface area contributed by atoms with Crippen LogP contribution in [0.15, 0.2) is 53.9 Å². The molecule has 0 amide bonds. The number of pyridine rings is 2. The Balaban J connectivity index is 1.33. The van der Waals surface area contributed by atoms with E-state index in [0.29, 0.717) is 19.7 Å². The van der Waals surface area contributed by atoms with Crippen molar-refractivity contribution in [1.82, 2.24) is 14.3 Å². The third kappa shape index (κ3) is 3.44. The van der Waals surface area contributed by atoms with Crippen LogP contribution in [0.4, 0.5) is 0 Å². The van der Waals surface area contributed by atoms with Crippen LogP contribution in [0, 0.1) is 0 Å². The standard InChI is InChI=1S/C17H19N3O3S2/c21-25(22,16-2-1-5-19-9-16)20-12-17(13-20)8-15(11-24-17)23-10-14-3-6-18-7-4-14/h1-7,9,15H,8,10-13H2. The normalized spacial score (nSPS) is 22.8. The van der Waals surface area contributed by atoms with Crippen LogP contribution in [-0.4, -0.2) is 52.4 Å². The van der Waals surface area contributed by atoms with Crippen molar-refractivity contribution in [3.8, 4) is 0 Å². The van der Waals surface area contributed by atoms with Crippen molar-refractivity contribution in [3.05, 3.63) is 54.6 Å². The first-order valence-corrected chi connectivity index (χ1v) is 10.5. The number of sulfonamides is 1. The van der Waals surface area contributed by atoms with E-state index in [2.05, 4.69) is 9.97 Å². The average molecular weight is 377 g/mol. The second-order valence-corrected chi connectivity index (χ2v) is 9.87. The summed E-state index contributed by atoms with van der Waals surface area (Å²) in [4.78, 5) is 8.17. The fourth-order valence-corrected chi connectivity index (χ4v) is 6.53. The van der Waals surface area contributed by atoms with E-state index in [1.807, 2.05) is 23.9 Å². The molecule has 8 heteroatoms. The second kappa shape index (κ2) is 6.68. The highest BCUT2D eigenvalue weighted by atomic mass is 32.2. The molecule has 0 aromatic carbocycles. The third-order valence-corrected chi connectivity index (χ3v) is 7.96. The minimum Gasteiger partial charge on any atom is -0.373 e. The molecule has 2 aromatic heterocycles. The van der Waals surface area contributed by atoms with Crippen LogP contribution in [-0.2, 0) is 21.4 Å². The predicted octanol–water partition coefficient (Wildman–Crippen LogP) is 1.94. The summed E-state index contributed by atoms with van der Waals surface area (Å²) in [5.41, 5.74) is 1.11. The van der Waals surface area contributed by atoms with Gasteiger partial charge in [-0.15, -0.1) is 11.8 Å². The average Bonchev–Trinajstić information content (AvgIpc) is 3.05. The largest absolute Gasteiger partial charge is 0.373 e. The van der Waals surface area contributed by atoms with Crippen molar-refractivity contribution in [2.24, 2.45) is 0 Å². The van der Waals surface area contributed by atoms with Gasteiger partial charge in [0.25, 0.3) is 0 Å². The molecule has 0 N–H and O–H groups in total. The molecule has 1 spiro atoms. The number of hydrogen-bond donors (Lipinski definition) is 0. The van der Waals surface area contributed by atoms with Gasteiger partial charge in [-0.2, -0.15) is 4.31 Å². The van der Waals surface area contributed by atoms with E-state index in [9.17, 15) is 8.42 Å². The third-order valence-electron chi connectivity index (χ3n) is 4.61. The first kappa shape index (κ1) is 17.0. The molecule has 6 nitrogen and oxygen atoms in total. The second-order valence-electron chi connectivity index (χ2n) is 6.45. The number of rotatable bonds is 5. The summed E-state index contributed by atoms with van der Waals surface area (Å²) in [6.07, 6.45) is 7.56. The van der Waals surface area contributed by atoms with E-state index >= 15 is 0 Å². The Morgan fingerprint density at radius 2 is 2.00 bits per heavy atom. The number of ether oxygens (including phenoxy) is 1. The summed E-state index contributed by atoms with van der Waals surface area (Å²) in [5.74, 6) is 0.909. The molecule has 0 aliphatic carbocycles. The van der Waals surface area contributed by atoms with E-state index in [-0.39, 0.29) is 15.7 Å². The van der Waals surface area contributed by atoms with Gasteiger partial charge < -0.3 is 4.74 Å². The lowest BCUT2D eigenvalue weighted by atomic mass is 9.95. The van der Waals surface area contributed by atoms with Gasteiger partial charge in [0.1, 0.15) is 4.90 Å². The Bertz CT molecular complexity index is 825. The van der Waals surface area contributed by atoms with Gasteiger partial charge in [0.15, 0.2) is 0 Å². The predicted molar refractivity (Wildman–Crippen MR) is 95.6 cm³/mol. The van der Waals surface area contributed by atoms with Crippen LogP contribution < -0.4 is 0 Å². The van der Waals surface area contributed by atoms with Gasteiger partial charge in [0.2, 0.25) is 10.0 Å². The van der Waals surface area contributed by atoms with E-state index in [4.69, 9.17) is 4.74 Å². The molecule has 25 heavy (non-hydrogen) atoms. The van der Waals surface area contributed by atoms with Crippen molar-refractivity contribution in [2.45, 2.75) is 28.8 Å². The molecule has 2 aromatic rings. The maximum absolute atomic E-state index is 12.6. The first-order valence-electron chi connectivity index (χ1n) is 8.12. The van der Waals surface area contributed by atoms with Crippen LogP contribution in [0.1, 0.15) is 12.0 Å². The van der Waals surface area contributed by atoms with Crippen molar-refractivity contribution < 1.29 is 13.2 Å². The first-order chi connectivity index (χ1) is 12.1. The fraction of sp³-hybridized carbons (Fsp3) is 0.412. The quantitative estimate of drug-likeness (QED) is 0.793. The number of hydrogen-bond acceptors (Lipinski definition) is 6. The molecule has 0 radical (unpaired) electrons. The minimum atomic E-state index is -3.43. The maximum atomic E-state index is 12.6. The van der Waals surface area contributed by atoms with Crippen LogP contribution in [0.2, 0.25) is 0 Å². The Morgan fingerprint density at radius 3 is 2.72 bits per heavy atom. The zero-order valence-corrected chi connectivity index (χ0v) is 15.2. The van der Waals surface area contributed by atoms with Crippen molar-refractivity contribution in [2.75, 3.05) is 18.8 Å². The molecule has 1 unspecified atom stereocenters. The lowest BCUT2D eigenvalue weighted by Gasteiger charge is -2.46. The molecule has 4 rings (SSSR count). The molecule has 1 atom stereocenters. The molecule has 0 bridgehead atoms. The molecular weight excluding hydrogens is 358 g/mol. The number of aromatic nitrogens is 2. The Kier molecular flexibility index (Phi) is 4.53. The number of nitrogens with zero attached hydrogens (tertiary/aromatic N) is 3. The Morgan fingerprint density at radius 1 is 1.20 bits per heavy atom.